The standard InChI is InChI=1S/C12H21Cl2NO2/c1-2-3-4-11-17-12(16)5-8-15(9-6-13)10-7-14/h5,8H,2-4,6-7,9-11H2,1H3. The zero-order valence-electron chi connectivity index (χ0n) is 10.3. The van der Waals surface area contributed by atoms with E-state index in [-0.39, 0.29) is 5.97 Å². The Morgan fingerprint density at radius 3 is 2.41 bits per heavy atom. The number of carbonyl (C=O) groups is 1. The predicted molar refractivity (Wildman–Crippen MR) is 72.6 cm³/mol. The van der Waals surface area contributed by atoms with Crippen LogP contribution in [0.25, 0.3) is 0 Å². The van der Waals surface area contributed by atoms with Gasteiger partial charge < -0.3 is 9.64 Å². The maximum Gasteiger partial charge on any atom is 0.332 e. The van der Waals surface area contributed by atoms with Crippen molar-refractivity contribution in [2.45, 2.75) is 26.2 Å². The fraction of sp³-hybridized carbons (Fsp3) is 0.750. The normalized spacial score (nSPS) is 10.8. The number of hydrogen-bond donors (Lipinski definition) is 0. The highest BCUT2D eigenvalue weighted by atomic mass is 35.5. The summed E-state index contributed by atoms with van der Waals surface area (Å²) in [7, 11) is 0. The summed E-state index contributed by atoms with van der Waals surface area (Å²) in [5.41, 5.74) is 0. The summed E-state index contributed by atoms with van der Waals surface area (Å²) in [5, 5.41) is 0. The fourth-order valence-corrected chi connectivity index (χ4v) is 1.65. The van der Waals surface area contributed by atoms with E-state index >= 15 is 0 Å². The molecule has 0 fully saturated rings. The van der Waals surface area contributed by atoms with E-state index in [0.29, 0.717) is 31.5 Å². The monoisotopic (exact) mass is 281 g/mol. The first-order chi connectivity index (χ1) is 8.24. The second-order valence-corrected chi connectivity index (χ2v) is 4.36. The molecule has 0 aromatic rings. The van der Waals surface area contributed by atoms with Gasteiger partial charge in [-0.05, 0) is 6.42 Å². The summed E-state index contributed by atoms with van der Waals surface area (Å²) in [6.07, 6.45) is 6.23. The summed E-state index contributed by atoms with van der Waals surface area (Å²) in [6.45, 7) is 3.95. The van der Waals surface area contributed by atoms with Crippen LogP contribution in [0.15, 0.2) is 12.3 Å². The van der Waals surface area contributed by atoms with Crippen LogP contribution in [-0.2, 0) is 9.53 Å². The van der Waals surface area contributed by atoms with E-state index in [4.69, 9.17) is 27.9 Å². The van der Waals surface area contributed by atoms with Gasteiger partial charge in [-0.15, -0.1) is 23.2 Å². The molecule has 0 aliphatic rings. The average Bonchev–Trinajstić information content (AvgIpc) is 2.32. The lowest BCUT2D eigenvalue weighted by Gasteiger charge is -2.16. The van der Waals surface area contributed by atoms with Crippen LogP contribution in [0.1, 0.15) is 26.2 Å². The van der Waals surface area contributed by atoms with E-state index in [9.17, 15) is 4.79 Å². The molecule has 100 valence electrons. The zero-order valence-corrected chi connectivity index (χ0v) is 11.8. The summed E-state index contributed by atoms with van der Waals surface area (Å²) in [4.78, 5) is 13.2. The van der Waals surface area contributed by atoms with Crippen molar-refractivity contribution in [3.8, 4) is 0 Å². The van der Waals surface area contributed by atoms with E-state index in [1.165, 1.54) is 6.08 Å². The van der Waals surface area contributed by atoms with Gasteiger partial charge in [0.05, 0.1) is 6.61 Å². The summed E-state index contributed by atoms with van der Waals surface area (Å²) >= 11 is 11.3. The van der Waals surface area contributed by atoms with Crippen molar-refractivity contribution in [2.24, 2.45) is 0 Å². The largest absolute Gasteiger partial charge is 0.462 e. The van der Waals surface area contributed by atoms with Gasteiger partial charge in [0.15, 0.2) is 0 Å². The molecule has 0 unspecified atom stereocenters. The van der Waals surface area contributed by atoms with Crippen LogP contribution in [0.2, 0.25) is 0 Å². The van der Waals surface area contributed by atoms with Crippen molar-refractivity contribution in [1.29, 1.82) is 0 Å². The molecule has 0 bridgehead atoms. The molecular formula is C12H21Cl2NO2. The lowest BCUT2D eigenvalue weighted by Crippen LogP contribution is -2.22. The lowest BCUT2D eigenvalue weighted by molar-refractivity contribution is -0.137. The number of alkyl halides is 2. The van der Waals surface area contributed by atoms with Crippen molar-refractivity contribution >= 4 is 29.2 Å². The Bertz CT molecular complexity index is 217. The third-order valence-electron chi connectivity index (χ3n) is 2.16. The van der Waals surface area contributed by atoms with E-state index in [1.54, 1.807) is 6.20 Å². The van der Waals surface area contributed by atoms with Gasteiger partial charge in [-0.3, -0.25) is 0 Å². The van der Waals surface area contributed by atoms with Crippen LogP contribution in [-0.4, -0.2) is 42.3 Å². The van der Waals surface area contributed by atoms with Crippen molar-refractivity contribution in [1.82, 2.24) is 4.90 Å². The predicted octanol–water partition coefficient (Wildman–Crippen LogP) is 3.01. The molecule has 0 amide bonds. The molecular weight excluding hydrogens is 261 g/mol. The van der Waals surface area contributed by atoms with Crippen molar-refractivity contribution < 1.29 is 9.53 Å². The molecule has 0 atom stereocenters. The number of esters is 1. The number of rotatable bonds is 10. The number of halogens is 2. The Morgan fingerprint density at radius 1 is 1.24 bits per heavy atom. The molecule has 0 saturated heterocycles. The number of ether oxygens (including phenoxy) is 1. The molecule has 0 heterocycles. The quantitative estimate of drug-likeness (QED) is 0.267. The molecule has 0 aromatic carbocycles. The highest BCUT2D eigenvalue weighted by molar-refractivity contribution is 6.18. The van der Waals surface area contributed by atoms with E-state index in [0.717, 1.165) is 19.3 Å². The van der Waals surface area contributed by atoms with Crippen molar-refractivity contribution in [3.05, 3.63) is 12.3 Å². The highest BCUT2D eigenvalue weighted by Crippen LogP contribution is 1.97. The summed E-state index contributed by atoms with van der Waals surface area (Å²) < 4.78 is 5.03. The molecule has 0 saturated carbocycles. The SMILES string of the molecule is CCCCCOC(=O)C=CN(CCCl)CCCl. The molecule has 3 nitrogen and oxygen atoms in total. The third kappa shape index (κ3) is 10.5. The Kier molecular flexibility index (Phi) is 11.8. The van der Waals surface area contributed by atoms with Gasteiger partial charge in [0.25, 0.3) is 0 Å². The third-order valence-corrected chi connectivity index (χ3v) is 2.50. The van der Waals surface area contributed by atoms with E-state index in [2.05, 4.69) is 6.92 Å². The molecule has 0 aromatic heterocycles. The minimum Gasteiger partial charge on any atom is -0.462 e. The number of hydrogen-bond acceptors (Lipinski definition) is 3. The van der Waals surface area contributed by atoms with Crippen LogP contribution in [0.3, 0.4) is 0 Å². The van der Waals surface area contributed by atoms with Crippen LogP contribution in [0, 0.1) is 0 Å². The maximum atomic E-state index is 11.3. The van der Waals surface area contributed by atoms with Gasteiger partial charge >= 0.3 is 5.97 Å². The van der Waals surface area contributed by atoms with Gasteiger partial charge in [-0.2, -0.15) is 0 Å². The number of nitrogens with zero attached hydrogens (tertiary/aromatic N) is 1. The molecule has 0 aliphatic carbocycles. The average molecular weight is 282 g/mol. The molecule has 0 rings (SSSR count). The van der Waals surface area contributed by atoms with Gasteiger partial charge in [0, 0.05) is 37.1 Å². The number of carbonyl (C=O) groups excluding carboxylic acids is 1. The first kappa shape index (κ1) is 16.6. The van der Waals surface area contributed by atoms with Gasteiger partial charge in [-0.25, -0.2) is 4.79 Å². The Morgan fingerprint density at radius 2 is 1.88 bits per heavy atom. The fourth-order valence-electron chi connectivity index (χ4n) is 1.22. The number of unbranched alkanes of at least 4 members (excludes halogenated alkanes) is 2. The minimum absolute atomic E-state index is 0.310. The topological polar surface area (TPSA) is 29.5 Å². The van der Waals surface area contributed by atoms with Crippen LogP contribution >= 0.6 is 23.2 Å². The minimum atomic E-state index is -0.310. The van der Waals surface area contributed by atoms with Crippen LogP contribution in [0.4, 0.5) is 0 Å². The lowest BCUT2D eigenvalue weighted by atomic mass is 10.3. The van der Waals surface area contributed by atoms with E-state index < -0.39 is 0 Å². The Hall–Kier alpha value is -0.410. The van der Waals surface area contributed by atoms with Crippen molar-refractivity contribution in [2.75, 3.05) is 31.5 Å². The van der Waals surface area contributed by atoms with Gasteiger partial charge in [0.2, 0.25) is 0 Å². The summed E-state index contributed by atoms with van der Waals surface area (Å²) in [5.74, 6) is 0.703. The molecule has 0 N–H and O–H groups in total. The Balaban J connectivity index is 3.81. The maximum absolute atomic E-state index is 11.3. The van der Waals surface area contributed by atoms with E-state index in [1.807, 2.05) is 4.90 Å². The second kappa shape index (κ2) is 12.1. The first-order valence-corrected chi connectivity index (χ1v) is 7.02. The summed E-state index contributed by atoms with van der Waals surface area (Å²) in [6, 6.07) is 0. The molecule has 17 heavy (non-hydrogen) atoms. The molecule has 5 heteroatoms. The van der Waals surface area contributed by atoms with Gasteiger partial charge in [-0.1, -0.05) is 19.8 Å². The highest BCUT2D eigenvalue weighted by Gasteiger charge is 2.00. The van der Waals surface area contributed by atoms with Gasteiger partial charge in [0.1, 0.15) is 0 Å². The second-order valence-electron chi connectivity index (χ2n) is 3.60. The van der Waals surface area contributed by atoms with Crippen LogP contribution in [0.5, 0.6) is 0 Å². The smallest absolute Gasteiger partial charge is 0.332 e. The Labute approximate surface area is 114 Å². The van der Waals surface area contributed by atoms with Crippen molar-refractivity contribution in [3.63, 3.8) is 0 Å². The molecule has 0 radical (unpaired) electrons. The molecule has 0 spiro atoms. The molecule has 0 aliphatic heterocycles. The van der Waals surface area contributed by atoms with Crippen LogP contribution < -0.4 is 0 Å². The first-order valence-electron chi connectivity index (χ1n) is 5.95. The zero-order chi connectivity index (χ0) is 12.9.